The van der Waals surface area contributed by atoms with E-state index >= 15 is 0 Å². The fraction of sp³-hybridized carbons (Fsp3) is 0.778. The third-order valence-corrected chi connectivity index (χ3v) is 4.57. The Kier molecular flexibility index (Phi) is 3.92. The van der Waals surface area contributed by atoms with Gasteiger partial charge in [0.05, 0.1) is 0 Å². The van der Waals surface area contributed by atoms with E-state index in [0.717, 1.165) is 9.35 Å². The van der Waals surface area contributed by atoms with Crippen LogP contribution in [0.1, 0.15) is 25.8 Å². The number of nitrogens with zero attached hydrogens (tertiary/aromatic N) is 2. The molecule has 0 saturated heterocycles. The van der Waals surface area contributed by atoms with E-state index in [1.54, 1.807) is 23.1 Å². The molecule has 3 nitrogen and oxygen atoms in total. The average molecular weight is 231 g/mol. The molecule has 0 aliphatic rings. The molecule has 0 fully saturated rings. The van der Waals surface area contributed by atoms with Crippen molar-refractivity contribution in [3.63, 3.8) is 0 Å². The zero-order valence-corrected chi connectivity index (χ0v) is 10.7. The summed E-state index contributed by atoms with van der Waals surface area (Å²) in [6.45, 7) is 9.24. The van der Waals surface area contributed by atoms with Gasteiger partial charge in [0.1, 0.15) is 5.01 Å². The number of rotatable bonds is 3. The minimum Gasteiger partial charge on any atom is -0.329 e. The van der Waals surface area contributed by atoms with E-state index < -0.39 is 0 Å². The molecule has 1 unspecified atom stereocenters. The summed E-state index contributed by atoms with van der Waals surface area (Å²) < 4.78 is 1.02. The van der Waals surface area contributed by atoms with E-state index in [1.165, 1.54) is 0 Å². The standard InChI is InChI=1S/C9H17N3S2/c1-6-11-12-8(13-6)14-7(5-10)9(2,3)4/h7H,5,10H2,1-4H3. The molecule has 1 heterocycles. The molecule has 0 bridgehead atoms. The SMILES string of the molecule is Cc1nnc(SC(CN)C(C)(C)C)s1. The van der Waals surface area contributed by atoms with Crippen LogP contribution in [0.15, 0.2) is 4.34 Å². The first-order valence-corrected chi connectivity index (χ1v) is 6.30. The molecule has 0 aliphatic heterocycles. The lowest BCUT2D eigenvalue weighted by atomic mass is 9.92. The van der Waals surface area contributed by atoms with Gasteiger partial charge in [-0.1, -0.05) is 43.9 Å². The van der Waals surface area contributed by atoms with Crippen molar-refractivity contribution in [3.8, 4) is 0 Å². The first-order valence-electron chi connectivity index (χ1n) is 4.60. The van der Waals surface area contributed by atoms with Gasteiger partial charge >= 0.3 is 0 Å². The van der Waals surface area contributed by atoms with Gasteiger partial charge in [-0.3, -0.25) is 0 Å². The molecule has 1 aromatic heterocycles. The summed E-state index contributed by atoms with van der Waals surface area (Å²) in [5.41, 5.74) is 5.96. The zero-order chi connectivity index (χ0) is 10.8. The molecule has 5 heteroatoms. The molecule has 1 aromatic rings. The summed E-state index contributed by atoms with van der Waals surface area (Å²) >= 11 is 3.37. The molecule has 0 spiro atoms. The molecule has 1 rings (SSSR count). The van der Waals surface area contributed by atoms with Gasteiger partial charge in [-0.25, -0.2) is 0 Å². The quantitative estimate of drug-likeness (QED) is 0.811. The molecule has 0 radical (unpaired) electrons. The van der Waals surface area contributed by atoms with Crippen molar-refractivity contribution in [1.29, 1.82) is 0 Å². The topological polar surface area (TPSA) is 51.8 Å². The summed E-state index contributed by atoms with van der Waals surface area (Å²) in [6.07, 6.45) is 0. The molecule has 1 atom stereocenters. The molecule has 0 aromatic carbocycles. The predicted molar refractivity (Wildman–Crippen MR) is 62.8 cm³/mol. The van der Waals surface area contributed by atoms with Crippen LogP contribution in [0.2, 0.25) is 0 Å². The predicted octanol–water partition coefficient (Wildman–Crippen LogP) is 2.31. The average Bonchev–Trinajstić information content (AvgIpc) is 2.45. The van der Waals surface area contributed by atoms with Gasteiger partial charge in [-0.15, -0.1) is 10.2 Å². The second kappa shape index (κ2) is 4.59. The highest BCUT2D eigenvalue weighted by molar-refractivity contribution is 8.01. The maximum absolute atomic E-state index is 5.75. The van der Waals surface area contributed by atoms with Crippen molar-refractivity contribution >= 4 is 23.1 Å². The van der Waals surface area contributed by atoms with E-state index in [-0.39, 0.29) is 5.41 Å². The van der Waals surface area contributed by atoms with Crippen LogP contribution in [0, 0.1) is 12.3 Å². The smallest absolute Gasteiger partial charge is 0.174 e. The van der Waals surface area contributed by atoms with Crippen molar-refractivity contribution in [2.45, 2.75) is 37.3 Å². The van der Waals surface area contributed by atoms with E-state index in [4.69, 9.17) is 5.73 Å². The number of aromatic nitrogens is 2. The van der Waals surface area contributed by atoms with Crippen molar-refractivity contribution < 1.29 is 0 Å². The summed E-state index contributed by atoms with van der Waals surface area (Å²) in [6, 6.07) is 0. The van der Waals surface area contributed by atoms with Crippen molar-refractivity contribution in [2.24, 2.45) is 11.1 Å². The number of aryl methyl sites for hydroxylation is 1. The Morgan fingerprint density at radius 3 is 2.43 bits per heavy atom. The first-order chi connectivity index (χ1) is 6.43. The van der Waals surface area contributed by atoms with Crippen LogP contribution in [0.25, 0.3) is 0 Å². The number of hydrogen-bond acceptors (Lipinski definition) is 5. The Morgan fingerprint density at radius 1 is 1.43 bits per heavy atom. The van der Waals surface area contributed by atoms with Gasteiger partial charge in [0, 0.05) is 11.8 Å². The van der Waals surface area contributed by atoms with Gasteiger partial charge in [-0.05, 0) is 12.3 Å². The van der Waals surface area contributed by atoms with E-state index in [2.05, 4.69) is 31.0 Å². The van der Waals surface area contributed by atoms with Crippen molar-refractivity contribution in [3.05, 3.63) is 5.01 Å². The molecule has 14 heavy (non-hydrogen) atoms. The summed E-state index contributed by atoms with van der Waals surface area (Å²) in [5, 5.41) is 9.50. The minimum absolute atomic E-state index is 0.207. The fourth-order valence-corrected chi connectivity index (χ4v) is 3.13. The summed E-state index contributed by atoms with van der Waals surface area (Å²) in [5.74, 6) is 0. The van der Waals surface area contributed by atoms with Crippen LogP contribution in [-0.2, 0) is 0 Å². The van der Waals surface area contributed by atoms with E-state index in [9.17, 15) is 0 Å². The Hall–Kier alpha value is -0.130. The van der Waals surface area contributed by atoms with Crippen LogP contribution in [0.3, 0.4) is 0 Å². The van der Waals surface area contributed by atoms with Crippen LogP contribution < -0.4 is 5.73 Å². The minimum atomic E-state index is 0.207. The molecule has 2 N–H and O–H groups in total. The Balaban J connectivity index is 2.66. The Bertz CT molecular complexity index is 290. The van der Waals surface area contributed by atoms with E-state index in [1.807, 2.05) is 6.92 Å². The number of nitrogens with two attached hydrogens (primary N) is 1. The summed E-state index contributed by atoms with van der Waals surface area (Å²) in [4.78, 5) is 0. The van der Waals surface area contributed by atoms with E-state index in [0.29, 0.717) is 11.8 Å². The second-order valence-corrected chi connectivity index (χ2v) is 6.93. The van der Waals surface area contributed by atoms with Crippen LogP contribution in [0.4, 0.5) is 0 Å². The lowest BCUT2D eigenvalue weighted by Gasteiger charge is -2.27. The normalized spacial score (nSPS) is 14.4. The molecule has 0 aliphatic carbocycles. The molecular formula is C9H17N3S2. The highest BCUT2D eigenvalue weighted by atomic mass is 32.2. The van der Waals surface area contributed by atoms with Gasteiger partial charge in [0.25, 0.3) is 0 Å². The van der Waals surface area contributed by atoms with Gasteiger partial charge in [0.15, 0.2) is 4.34 Å². The monoisotopic (exact) mass is 231 g/mol. The highest BCUT2D eigenvalue weighted by Gasteiger charge is 2.25. The Labute approximate surface area is 93.5 Å². The highest BCUT2D eigenvalue weighted by Crippen LogP contribution is 2.35. The van der Waals surface area contributed by atoms with Crippen molar-refractivity contribution in [2.75, 3.05) is 6.54 Å². The molecular weight excluding hydrogens is 214 g/mol. The fourth-order valence-electron chi connectivity index (χ4n) is 1.03. The third kappa shape index (κ3) is 3.22. The number of hydrogen-bond donors (Lipinski definition) is 1. The van der Waals surface area contributed by atoms with Crippen molar-refractivity contribution in [1.82, 2.24) is 10.2 Å². The maximum atomic E-state index is 5.75. The summed E-state index contributed by atoms with van der Waals surface area (Å²) in [7, 11) is 0. The van der Waals surface area contributed by atoms with Crippen LogP contribution >= 0.6 is 23.1 Å². The lowest BCUT2D eigenvalue weighted by molar-refractivity contribution is 0.398. The second-order valence-electron chi connectivity index (χ2n) is 4.30. The lowest BCUT2D eigenvalue weighted by Crippen LogP contribution is -2.30. The zero-order valence-electron chi connectivity index (χ0n) is 9.07. The molecule has 0 saturated carbocycles. The molecule has 0 amide bonds. The van der Waals surface area contributed by atoms with Gasteiger partial charge in [0.2, 0.25) is 0 Å². The van der Waals surface area contributed by atoms with Gasteiger partial charge < -0.3 is 5.73 Å². The largest absolute Gasteiger partial charge is 0.329 e. The first kappa shape index (κ1) is 11.9. The van der Waals surface area contributed by atoms with Crippen LogP contribution in [0.5, 0.6) is 0 Å². The Morgan fingerprint density at radius 2 is 2.07 bits per heavy atom. The maximum Gasteiger partial charge on any atom is 0.174 e. The van der Waals surface area contributed by atoms with Crippen LogP contribution in [-0.4, -0.2) is 22.0 Å². The van der Waals surface area contributed by atoms with Gasteiger partial charge in [-0.2, -0.15) is 0 Å². The molecule has 80 valence electrons. The number of thioether (sulfide) groups is 1. The third-order valence-electron chi connectivity index (χ3n) is 1.93.